The van der Waals surface area contributed by atoms with Crippen LogP contribution < -0.4 is 5.84 Å². The zero-order valence-electron chi connectivity index (χ0n) is 11.5. The SMILES string of the molecule is Cc1cc(CSc2nnc(-c3ccc(Cl)cc3Cl)n2N)no1. The molecule has 0 fully saturated rings. The lowest BCUT2D eigenvalue weighted by Gasteiger charge is -2.05. The van der Waals surface area contributed by atoms with Gasteiger partial charge in [-0.25, -0.2) is 4.68 Å². The van der Waals surface area contributed by atoms with Crippen LogP contribution in [0.4, 0.5) is 0 Å². The Balaban J connectivity index is 1.82. The Morgan fingerprint density at radius 1 is 1.27 bits per heavy atom. The molecule has 0 spiro atoms. The van der Waals surface area contributed by atoms with Gasteiger partial charge in [0.25, 0.3) is 0 Å². The van der Waals surface area contributed by atoms with Gasteiger partial charge in [-0.05, 0) is 25.1 Å². The zero-order chi connectivity index (χ0) is 15.7. The Labute approximate surface area is 140 Å². The first-order chi connectivity index (χ1) is 10.5. The van der Waals surface area contributed by atoms with Crippen LogP contribution in [0, 0.1) is 6.92 Å². The van der Waals surface area contributed by atoms with E-state index in [9.17, 15) is 0 Å². The van der Waals surface area contributed by atoms with Crippen molar-refractivity contribution in [2.45, 2.75) is 17.8 Å². The average Bonchev–Trinajstić information content (AvgIpc) is 3.04. The van der Waals surface area contributed by atoms with Crippen LogP contribution >= 0.6 is 35.0 Å². The highest BCUT2D eigenvalue weighted by Crippen LogP contribution is 2.30. The standard InChI is InChI=1S/C13H11Cl2N5OS/c1-7-4-9(19-21-7)6-22-13-18-17-12(20(13)16)10-3-2-8(14)5-11(10)15/h2-5H,6,16H2,1H3. The first kappa shape index (κ1) is 15.2. The van der Waals surface area contributed by atoms with Crippen LogP contribution in [-0.2, 0) is 5.75 Å². The summed E-state index contributed by atoms with van der Waals surface area (Å²) < 4.78 is 6.41. The van der Waals surface area contributed by atoms with Crippen LogP contribution in [0.3, 0.4) is 0 Å². The van der Waals surface area contributed by atoms with Crippen molar-refractivity contribution >= 4 is 35.0 Å². The van der Waals surface area contributed by atoms with Crippen molar-refractivity contribution in [2.75, 3.05) is 5.84 Å². The summed E-state index contributed by atoms with van der Waals surface area (Å²) in [5, 5.41) is 13.7. The fourth-order valence-corrected chi connectivity index (χ4v) is 3.08. The number of halogens is 2. The van der Waals surface area contributed by atoms with Crippen molar-refractivity contribution < 1.29 is 4.52 Å². The molecule has 9 heteroatoms. The van der Waals surface area contributed by atoms with E-state index in [0.717, 1.165) is 11.5 Å². The van der Waals surface area contributed by atoms with Crippen LogP contribution in [0.25, 0.3) is 11.4 Å². The van der Waals surface area contributed by atoms with Crippen molar-refractivity contribution in [2.24, 2.45) is 0 Å². The van der Waals surface area contributed by atoms with E-state index >= 15 is 0 Å². The van der Waals surface area contributed by atoms with Gasteiger partial charge in [-0.15, -0.1) is 10.2 Å². The molecule has 0 aliphatic rings. The van der Waals surface area contributed by atoms with E-state index in [1.54, 1.807) is 18.2 Å². The van der Waals surface area contributed by atoms with Crippen molar-refractivity contribution in [3.63, 3.8) is 0 Å². The highest BCUT2D eigenvalue weighted by atomic mass is 35.5. The van der Waals surface area contributed by atoms with Crippen LogP contribution in [0.1, 0.15) is 11.5 Å². The molecular weight excluding hydrogens is 345 g/mol. The molecule has 114 valence electrons. The number of rotatable bonds is 4. The molecule has 0 atom stereocenters. The van der Waals surface area contributed by atoms with Crippen LogP contribution in [0.5, 0.6) is 0 Å². The molecule has 1 aromatic carbocycles. The maximum absolute atomic E-state index is 6.17. The third-order valence-electron chi connectivity index (χ3n) is 2.86. The van der Waals surface area contributed by atoms with Gasteiger partial charge >= 0.3 is 0 Å². The van der Waals surface area contributed by atoms with Crippen LogP contribution in [0.15, 0.2) is 33.9 Å². The second kappa shape index (κ2) is 6.20. The molecule has 2 aromatic heterocycles. The molecule has 0 unspecified atom stereocenters. The van der Waals surface area contributed by atoms with E-state index in [2.05, 4.69) is 15.4 Å². The number of nitrogens with two attached hydrogens (primary N) is 1. The number of nitrogens with zero attached hydrogens (tertiary/aromatic N) is 4. The van der Waals surface area contributed by atoms with Gasteiger partial charge in [-0.2, -0.15) is 0 Å². The van der Waals surface area contributed by atoms with Gasteiger partial charge in [0.05, 0.1) is 10.7 Å². The molecule has 0 aliphatic heterocycles. The first-order valence-corrected chi connectivity index (χ1v) is 7.99. The fourth-order valence-electron chi connectivity index (χ4n) is 1.85. The quantitative estimate of drug-likeness (QED) is 0.569. The topological polar surface area (TPSA) is 82.8 Å². The van der Waals surface area contributed by atoms with Gasteiger partial charge < -0.3 is 10.4 Å². The average molecular weight is 356 g/mol. The zero-order valence-corrected chi connectivity index (χ0v) is 13.8. The third-order valence-corrected chi connectivity index (χ3v) is 4.39. The largest absolute Gasteiger partial charge is 0.361 e. The van der Waals surface area contributed by atoms with E-state index in [4.69, 9.17) is 33.6 Å². The number of thioether (sulfide) groups is 1. The van der Waals surface area contributed by atoms with Gasteiger partial charge in [0.15, 0.2) is 5.82 Å². The number of aromatic nitrogens is 4. The summed E-state index contributed by atoms with van der Waals surface area (Å²) in [5.41, 5.74) is 1.49. The molecule has 0 saturated carbocycles. The molecule has 0 saturated heterocycles. The molecule has 0 bridgehead atoms. The minimum absolute atomic E-state index is 0.468. The lowest BCUT2D eigenvalue weighted by molar-refractivity contribution is 0.393. The molecule has 0 aliphatic carbocycles. The smallest absolute Gasteiger partial charge is 0.210 e. The Hall–Kier alpha value is -1.70. The molecule has 0 radical (unpaired) electrons. The summed E-state index contributed by atoms with van der Waals surface area (Å²) in [6, 6.07) is 6.98. The predicted molar refractivity (Wildman–Crippen MR) is 86.4 cm³/mol. The lowest BCUT2D eigenvalue weighted by Crippen LogP contribution is -2.11. The summed E-state index contributed by atoms with van der Waals surface area (Å²) in [6.45, 7) is 1.84. The molecule has 3 aromatic rings. The number of benzene rings is 1. The van der Waals surface area contributed by atoms with Crippen molar-refractivity contribution in [3.8, 4) is 11.4 Å². The molecular formula is C13H11Cl2N5OS. The summed E-state index contributed by atoms with van der Waals surface area (Å²) in [6.07, 6.45) is 0. The summed E-state index contributed by atoms with van der Waals surface area (Å²) in [5.74, 6) is 7.87. The summed E-state index contributed by atoms with van der Waals surface area (Å²) in [7, 11) is 0. The third kappa shape index (κ3) is 3.06. The number of nitrogen functional groups attached to an aromatic ring is 1. The normalized spacial score (nSPS) is 11.0. The van der Waals surface area contributed by atoms with Gasteiger partial charge in [0.1, 0.15) is 5.76 Å². The minimum atomic E-state index is 0.468. The van der Waals surface area contributed by atoms with E-state index in [1.165, 1.54) is 16.4 Å². The Bertz CT molecular complexity index is 817. The summed E-state index contributed by atoms with van der Waals surface area (Å²) >= 11 is 13.5. The molecule has 22 heavy (non-hydrogen) atoms. The first-order valence-electron chi connectivity index (χ1n) is 6.25. The minimum Gasteiger partial charge on any atom is -0.361 e. The molecule has 6 nitrogen and oxygen atoms in total. The highest BCUT2D eigenvalue weighted by molar-refractivity contribution is 7.98. The molecule has 2 N–H and O–H groups in total. The van der Waals surface area contributed by atoms with Gasteiger partial charge in [-0.3, -0.25) is 0 Å². The monoisotopic (exact) mass is 355 g/mol. The number of hydrogen-bond acceptors (Lipinski definition) is 6. The second-order valence-corrected chi connectivity index (χ2v) is 6.30. The van der Waals surface area contributed by atoms with E-state index in [0.29, 0.717) is 32.3 Å². The Morgan fingerprint density at radius 3 is 2.77 bits per heavy atom. The van der Waals surface area contributed by atoms with Crippen LogP contribution in [-0.4, -0.2) is 20.0 Å². The molecule has 2 heterocycles. The lowest BCUT2D eigenvalue weighted by atomic mass is 10.2. The van der Waals surface area contributed by atoms with E-state index < -0.39 is 0 Å². The van der Waals surface area contributed by atoms with Crippen molar-refractivity contribution in [1.82, 2.24) is 20.0 Å². The Kier molecular flexibility index (Phi) is 4.28. The number of aryl methyl sites for hydroxylation is 1. The molecule has 3 rings (SSSR count). The van der Waals surface area contributed by atoms with Gasteiger partial charge in [0.2, 0.25) is 5.16 Å². The molecule has 0 amide bonds. The van der Waals surface area contributed by atoms with E-state index in [-0.39, 0.29) is 0 Å². The predicted octanol–water partition coefficient (Wildman–Crippen LogP) is 3.55. The van der Waals surface area contributed by atoms with Crippen molar-refractivity contribution in [1.29, 1.82) is 0 Å². The maximum Gasteiger partial charge on any atom is 0.210 e. The van der Waals surface area contributed by atoms with E-state index in [1.807, 2.05) is 13.0 Å². The van der Waals surface area contributed by atoms with Gasteiger partial charge in [0, 0.05) is 22.4 Å². The maximum atomic E-state index is 6.17. The highest BCUT2D eigenvalue weighted by Gasteiger charge is 2.15. The summed E-state index contributed by atoms with van der Waals surface area (Å²) in [4.78, 5) is 0. The van der Waals surface area contributed by atoms with Gasteiger partial charge in [-0.1, -0.05) is 40.1 Å². The Morgan fingerprint density at radius 2 is 2.09 bits per heavy atom. The van der Waals surface area contributed by atoms with Crippen LogP contribution in [0.2, 0.25) is 10.0 Å². The number of hydrogen-bond donors (Lipinski definition) is 1. The second-order valence-electron chi connectivity index (χ2n) is 4.52. The van der Waals surface area contributed by atoms with Crippen molar-refractivity contribution in [3.05, 3.63) is 45.8 Å². The fraction of sp³-hybridized carbons (Fsp3) is 0.154.